The Bertz CT molecular complexity index is 469. The molecule has 1 saturated carbocycles. The third-order valence-electron chi connectivity index (χ3n) is 5.15. The van der Waals surface area contributed by atoms with E-state index in [0.29, 0.717) is 18.5 Å². The third kappa shape index (κ3) is 6.23. The molecule has 1 aliphatic rings. The van der Waals surface area contributed by atoms with Crippen molar-refractivity contribution in [2.75, 3.05) is 13.6 Å². The fraction of sp³-hybridized carbons (Fsp3) is 0.700. The standard InChI is InChI=1S/C20H33N3O/c1-3-19(17-10-9-14-21-16-17)23(2)15-13-20(24)22-18-11-7-5-4-6-8-12-18/h9-10,14,16,18-19H,3-8,11-13,15H2,1-2H3,(H,22,24). The summed E-state index contributed by atoms with van der Waals surface area (Å²) in [6, 6.07) is 4.82. The zero-order valence-electron chi connectivity index (χ0n) is 15.3. The minimum absolute atomic E-state index is 0.202. The van der Waals surface area contributed by atoms with E-state index in [4.69, 9.17) is 0 Å². The molecule has 1 unspecified atom stereocenters. The number of amides is 1. The number of carbonyl (C=O) groups is 1. The van der Waals surface area contributed by atoms with E-state index in [-0.39, 0.29) is 5.91 Å². The van der Waals surface area contributed by atoms with E-state index in [1.54, 1.807) is 6.20 Å². The van der Waals surface area contributed by atoms with E-state index in [1.165, 1.54) is 37.7 Å². The quantitative estimate of drug-likeness (QED) is 0.818. The summed E-state index contributed by atoms with van der Waals surface area (Å²) in [5, 5.41) is 3.26. The lowest BCUT2D eigenvalue weighted by Crippen LogP contribution is -2.37. The molecule has 1 N–H and O–H groups in total. The highest BCUT2D eigenvalue weighted by atomic mass is 16.1. The number of nitrogens with one attached hydrogen (secondary N) is 1. The summed E-state index contributed by atoms with van der Waals surface area (Å²) in [5.74, 6) is 0.202. The smallest absolute Gasteiger partial charge is 0.221 e. The first-order valence-corrected chi connectivity index (χ1v) is 9.60. The number of rotatable bonds is 7. The first kappa shape index (κ1) is 18.9. The van der Waals surface area contributed by atoms with Crippen molar-refractivity contribution in [3.05, 3.63) is 30.1 Å². The number of pyridine rings is 1. The van der Waals surface area contributed by atoms with Gasteiger partial charge in [-0.3, -0.25) is 14.7 Å². The van der Waals surface area contributed by atoms with Crippen LogP contribution in [0.2, 0.25) is 0 Å². The Kier molecular flexibility index (Phi) is 8.23. The van der Waals surface area contributed by atoms with Crippen LogP contribution >= 0.6 is 0 Å². The maximum atomic E-state index is 12.3. The van der Waals surface area contributed by atoms with Crippen LogP contribution in [0, 0.1) is 0 Å². The minimum Gasteiger partial charge on any atom is -0.353 e. The predicted octanol–water partition coefficient (Wildman–Crippen LogP) is 4.08. The van der Waals surface area contributed by atoms with Crippen LogP contribution in [0.5, 0.6) is 0 Å². The van der Waals surface area contributed by atoms with Crippen molar-refractivity contribution < 1.29 is 4.79 Å². The summed E-state index contributed by atoms with van der Waals surface area (Å²) < 4.78 is 0. The van der Waals surface area contributed by atoms with E-state index < -0.39 is 0 Å². The summed E-state index contributed by atoms with van der Waals surface area (Å²) in [7, 11) is 2.10. The van der Waals surface area contributed by atoms with Crippen LogP contribution in [0.3, 0.4) is 0 Å². The Hall–Kier alpha value is -1.42. The highest BCUT2D eigenvalue weighted by Crippen LogP contribution is 2.22. The molecule has 1 atom stereocenters. The van der Waals surface area contributed by atoms with Crippen molar-refractivity contribution in [2.24, 2.45) is 0 Å². The SMILES string of the molecule is CCC(c1cccnc1)N(C)CCC(=O)NC1CCCCCCC1. The summed E-state index contributed by atoms with van der Waals surface area (Å²) in [6.07, 6.45) is 14.1. The maximum Gasteiger partial charge on any atom is 0.221 e. The van der Waals surface area contributed by atoms with Crippen LogP contribution in [-0.2, 0) is 4.79 Å². The lowest BCUT2D eigenvalue weighted by molar-refractivity contribution is -0.122. The van der Waals surface area contributed by atoms with Gasteiger partial charge in [0, 0.05) is 37.4 Å². The number of hydrogen-bond acceptors (Lipinski definition) is 3. The van der Waals surface area contributed by atoms with E-state index >= 15 is 0 Å². The molecule has 0 saturated heterocycles. The highest BCUT2D eigenvalue weighted by molar-refractivity contribution is 5.76. The topological polar surface area (TPSA) is 45.2 Å². The fourth-order valence-corrected chi connectivity index (χ4v) is 3.71. The van der Waals surface area contributed by atoms with E-state index in [0.717, 1.165) is 25.8 Å². The normalized spacial score (nSPS) is 18.0. The van der Waals surface area contributed by atoms with Crippen LogP contribution in [0.4, 0.5) is 0 Å². The Morgan fingerprint density at radius 3 is 2.62 bits per heavy atom. The molecule has 0 spiro atoms. The molecule has 1 aromatic rings. The molecule has 1 fully saturated rings. The van der Waals surface area contributed by atoms with Crippen molar-refractivity contribution in [1.29, 1.82) is 0 Å². The maximum absolute atomic E-state index is 12.3. The summed E-state index contributed by atoms with van der Waals surface area (Å²) >= 11 is 0. The van der Waals surface area contributed by atoms with E-state index in [9.17, 15) is 4.79 Å². The molecule has 134 valence electrons. The number of aromatic nitrogens is 1. The van der Waals surface area contributed by atoms with Gasteiger partial charge in [0.2, 0.25) is 5.91 Å². The molecule has 1 aliphatic carbocycles. The second-order valence-electron chi connectivity index (χ2n) is 7.05. The molecule has 1 heterocycles. The van der Waals surface area contributed by atoms with Gasteiger partial charge in [0.05, 0.1) is 0 Å². The molecular weight excluding hydrogens is 298 g/mol. The van der Waals surface area contributed by atoms with Crippen LogP contribution < -0.4 is 5.32 Å². The van der Waals surface area contributed by atoms with Crippen LogP contribution in [-0.4, -0.2) is 35.4 Å². The van der Waals surface area contributed by atoms with Crippen molar-refractivity contribution in [3.8, 4) is 0 Å². The van der Waals surface area contributed by atoms with Crippen molar-refractivity contribution in [1.82, 2.24) is 15.2 Å². The molecule has 24 heavy (non-hydrogen) atoms. The van der Waals surface area contributed by atoms with Gasteiger partial charge in [0.1, 0.15) is 0 Å². The number of nitrogens with zero attached hydrogens (tertiary/aromatic N) is 2. The first-order valence-electron chi connectivity index (χ1n) is 9.60. The molecule has 0 aromatic carbocycles. The second kappa shape index (κ2) is 10.4. The van der Waals surface area contributed by atoms with Crippen molar-refractivity contribution in [3.63, 3.8) is 0 Å². The van der Waals surface area contributed by atoms with Crippen molar-refractivity contribution >= 4 is 5.91 Å². The highest BCUT2D eigenvalue weighted by Gasteiger charge is 2.18. The second-order valence-corrected chi connectivity index (χ2v) is 7.05. The largest absolute Gasteiger partial charge is 0.353 e. The monoisotopic (exact) mass is 331 g/mol. The predicted molar refractivity (Wildman–Crippen MR) is 98.8 cm³/mol. The lowest BCUT2D eigenvalue weighted by atomic mass is 9.96. The molecule has 0 radical (unpaired) electrons. The first-order chi connectivity index (χ1) is 11.7. The summed E-state index contributed by atoms with van der Waals surface area (Å²) in [4.78, 5) is 18.8. The van der Waals surface area contributed by atoms with Gasteiger partial charge >= 0.3 is 0 Å². The zero-order valence-corrected chi connectivity index (χ0v) is 15.3. The zero-order chi connectivity index (χ0) is 17.2. The Balaban J connectivity index is 1.77. The molecule has 0 bridgehead atoms. The van der Waals surface area contributed by atoms with Gasteiger partial charge in [0.25, 0.3) is 0 Å². The fourth-order valence-electron chi connectivity index (χ4n) is 3.71. The Morgan fingerprint density at radius 2 is 2.00 bits per heavy atom. The Morgan fingerprint density at radius 1 is 1.29 bits per heavy atom. The molecule has 4 nitrogen and oxygen atoms in total. The van der Waals surface area contributed by atoms with Gasteiger partial charge in [-0.15, -0.1) is 0 Å². The Labute approximate surface area is 147 Å². The van der Waals surface area contributed by atoms with Gasteiger partial charge in [-0.05, 0) is 37.9 Å². The molecule has 4 heteroatoms. The van der Waals surface area contributed by atoms with Gasteiger partial charge < -0.3 is 5.32 Å². The number of hydrogen-bond donors (Lipinski definition) is 1. The van der Waals surface area contributed by atoms with Crippen molar-refractivity contribution in [2.45, 2.75) is 76.8 Å². The molecule has 0 aliphatic heterocycles. The molecule has 1 amide bonds. The molecular formula is C20H33N3O. The minimum atomic E-state index is 0.202. The summed E-state index contributed by atoms with van der Waals surface area (Å²) in [5.41, 5.74) is 1.22. The molecule has 2 rings (SSSR count). The third-order valence-corrected chi connectivity index (χ3v) is 5.15. The average molecular weight is 332 g/mol. The number of carbonyl (C=O) groups excluding carboxylic acids is 1. The van der Waals surface area contributed by atoms with E-state index in [1.807, 2.05) is 12.3 Å². The average Bonchev–Trinajstić information content (AvgIpc) is 2.57. The van der Waals surface area contributed by atoms with Gasteiger partial charge in [-0.1, -0.05) is 45.1 Å². The summed E-state index contributed by atoms with van der Waals surface area (Å²) in [6.45, 7) is 2.97. The van der Waals surface area contributed by atoms with Crippen LogP contribution in [0.1, 0.15) is 76.3 Å². The van der Waals surface area contributed by atoms with Gasteiger partial charge in [0.15, 0.2) is 0 Å². The van der Waals surface area contributed by atoms with E-state index in [2.05, 4.69) is 35.2 Å². The van der Waals surface area contributed by atoms with Crippen LogP contribution in [0.15, 0.2) is 24.5 Å². The van der Waals surface area contributed by atoms with Gasteiger partial charge in [-0.2, -0.15) is 0 Å². The van der Waals surface area contributed by atoms with Gasteiger partial charge in [-0.25, -0.2) is 0 Å². The lowest BCUT2D eigenvalue weighted by Gasteiger charge is -2.27. The van der Waals surface area contributed by atoms with Crippen LogP contribution in [0.25, 0.3) is 0 Å². The molecule has 1 aromatic heterocycles.